The fourth-order valence-corrected chi connectivity index (χ4v) is 1.96. The van der Waals surface area contributed by atoms with Crippen LogP contribution in [0.15, 0.2) is 22.8 Å². The largest absolute Gasteiger partial charge is 0.466 e. The van der Waals surface area contributed by atoms with E-state index < -0.39 is 41.5 Å². The molecule has 0 aliphatic heterocycles. The number of carbonyl (C=O) groups excluding carboxylic acids is 2. The van der Waals surface area contributed by atoms with E-state index >= 15 is 0 Å². The molecule has 0 aromatic rings. The summed E-state index contributed by atoms with van der Waals surface area (Å²) in [5.41, 5.74) is 3.84. The van der Waals surface area contributed by atoms with E-state index in [-0.39, 0.29) is 18.6 Å². The minimum Gasteiger partial charge on any atom is -0.466 e. The van der Waals surface area contributed by atoms with Crippen molar-refractivity contribution in [3.63, 3.8) is 0 Å². The van der Waals surface area contributed by atoms with Gasteiger partial charge >= 0.3 is 12.1 Å². The summed E-state index contributed by atoms with van der Waals surface area (Å²) in [4.78, 5) is 23.4. The number of nitrogens with two attached hydrogens (primary N) is 1. The lowest BCUT2D eigenvalue weighted by Gasteiger charge is -2.25. The van der Waals surface area contributed by atoms with E-state index in [2.05, 4.69) is 9.47 Å². The molecular weight excluding hydrogens is 291 g/mol. The van der Waals surface area contributed by atoms with E-state index in [1.54, 1.807) is 0 Å². The maximum Gasteiger partial charge on any atom is 0.413 e. The van der Waals surface area contributed by atoms with Crippen LogP contribution in [0, 0.1) is 0 Å². The van der Waals surface area contributed by atoms with Gasteiger partial charge in [0, 0.05) is 30.7 Å². The number of ketones is 1. The molecule has 0 aromatic carbocycles. The molecule has 0 bridgehead atoms. The number of alkyl halides is 3. The van der Waals surface area contributed by atoms with Crippen LogP contribution in [0.4, 0.5) is 13.2 Å². The standard InChI is InChI=1S/C13H16F3NO4/c1-20-4-3-11(18)7-5-8(12(19)21-2)10(17)6-9(7)13(14,15)16/h5,10H,3-4,6,17H2,1-2H3. The lowest BCUT2D eigenvalue weighted by Crippen LogP contribution is -2.35. The van der Waals surface area contributed by atoms with Crippen LogP contribution >= 0.6 is 0 Å². The summed E-state index contributed by atoms with van der Waals surface area (Å²) in [6.45, 7) is -0.0130. The van der Waals surface area contributed by atoms with Gasteiger partial charge in [-0.3, -0.25) is 4.79 Å². The van der Waals surface area contributed by atoms with Gasteiger partial charge in [0.05, 0.1) is 19.3 Å². The highest BCUT2D eigenvalue weighted by Gasteiger charge is 2.41. The van der Waals surface area contributed by atoms with Crippen molar-refractivity contribution in [1.29, 1.82) is 0 Å². The number of hydrogen-bond acceptors (Lipinski definition) is 5. The number of methoxy groups -OCH3 is 2. The summed E-state index contributed by atoms with van der Waals surface area (Å²) in [7, 11) is 2.42. The van der Waals surface area contributed by atoms with Crippen LogP contribution in [-0.2, 0) is 19.1 Å². The van der Waals surface area contributed by atoms with E-state index in [4.69, 9.17) is 5.73 Å². The van der Waals surface area contributed by atoms with Crippen LogP contribution in [0.5, 0.6) is 0 Å². The van der Waals surface area contributed by atoms with Crippen molar-refractivity contribution in [3.8, 4) is 0 Å². The lowest BCUT2D eigenvalue weighted by molar-refractivity contribution is -0.136. The van der Waals surface area contributed by atoms with Crippen molar-refractivity contribution in [2.24, 2.45) is 5.73 Å². The topological polar surface area (TPSA) is 78.6 Å². The zero-order chi connectivity index (χ0) is 16.2. The van der Waals surface area contributed by atoms with E-state index in [1.807, 2.05) is 0 Å². The second-order valence-electron chi connectivity index (χ2n) is 4.46. The molecule has 0 fully saturated rings. The van der Waals surface area contributed by atoms with E-state index in [0.717, 1.165) is 13.2 Å². The SMILES string of the molecule is COCCC(=O)C1=C(C(F)(F)F)CC(N)C(C(=O)OC)=C1. The first kappa shape index (κ1) is 17.4. The molecule has 1 aliphatic carbocycles. The molecule has 0 radical (unpaired) electrons. The second-order valence-corrected chi connectivity index (χ2v) is 4.46. The Morgan fingerprint density at radius 1 is 1.38 bits per heavy atom. The van der Waals surface area contributed by atoms with Crippen molar-refractivity contribution < 1.29 is 32.2 Å². The molecule has 21 heavy (non-hydrogen) atoms. The summed E-state index contributed by atoms with van der Waals surface area (Å²) in [5.74, 6) is -1.60. The Balaban J connectivity index is 3.27. The first-order chi connectivity index (χ1) is 9.72. The van der Waals surface area contributed by atoms with Crippen LogP contribution in [0.1, 0.15) is 12.8 Å². The van der Waals surface area contributed by atoms with Crippen molar-refractivity contribution >= 4 is 11.8 Å². The highest BCUT2D eigenvalue weighted by Crippen LogP contribution is 2.37. The molecule has 1 unspecified atom stereocenters. The average molecular weight is 307 g/mol. The molecule has 0 saturated heterocycles. The molecule has 0 aromatic heterocycles. The Bertz CT molecular complexity index is 494. The highest BCUT2D eigenvalue weighted by molar-refractivity contribution is 6.02. The molecule has 0 saturated carbocycles. The van der Waals surface area contributed by atoms with Crippen LogP contribution in [0.3, 0.4) is 0 Å². The van der Waals surface area contributed by atoms with Gasteiger partial charge < -0.3 is 15.2 Å². The van der Waals surface area contributed by atoms with Gasteiger partial charge in [-0.15, -0.1) is 0 Å². The van der Waals surface area contributed by atoms with Gasteiger partial charge in [-0.05, 0) is 12.5 Å². The number of halogens is 3. The Labute approximate surface area is 119 Å². The first-order valence-corrected chi connectivity index (χ1v) is 6.10. The zero-order valence-corrected chi connectivity index (χ0v) is 11.6. The molecule has 8 heteroatoms. The number of hydrogen-bond donors (Lipinski definition) is 1. The third-order valence-corrected chi connectivity index (χ3v) is 3.05. The second kappa shape index (κ2) is 6.86. The van der Waals surface area contributed by atoms with Gasteiger partial charge in [0.15, 0.2) is 5.78 Å². The minimum atomic E-state index is -4.69. The number of Topliss-reactive ketones (excluding diaryl/α,β-unsaturated/α-hetero) is 1. The fraction of sp³-hybridized carbons (Fsp3) is 0.538. The maximum atomic E-state index is 13.0. The number of allylic oxidation sites excluding steroid dienone is 2. The van der Waals surface area contributed by atoms with Crippen molar-refractivity contribution in [2.75, 3.05) is 20.8 Å². The van der Waals surface area contributed by atoms with Crippen LogP contribution in [-0.4, -0.2) is 44.8 Å². The average Bonchev–Trinajstić information content (AvgIpc) is 2.42. The Morgan fingerprint density at radius 2 is 2.00 bits per heavy atom. The Morgan fingerprint density at radius 3 is 2.48 bits per heavy atom. The smallest absolute Gasteiger partial charge is 0.413 e. The maximum absolute atomic E-state index is 13.0. The molecule has 118 valence electrons. The molecular formula is C13H16F3NO4. The molecule has 1 rings (SSSR count). The van der Waals surface area contributed by atoms with Crippen molar-refractivity contribution in [1.82, 2.24) is 0 Å². The number of carbonyl (C=O) groups is 2. The number of esters is 1. The predicted octanol–water partition coefficient (Wildman–Crippen LogP) is 1.28. The quantitative estimate of drug-likeness (QED) is 0.774. The van der Waals surface area contributed by atoms with Crippen molar-refractivity contribution in [2.45, 2.75) is 25.1 Å². The number of rotatable bonds is 5. The predicted molar refractivity (Wildman–Crippen MR) is 67.3 cm³/mol. The molecule has 2 N–H and O–H groups in total. The molecule has 0 heterocycles. The van der Waals surface area contributed by atoms with E-state index in [1.165, 1.54) is 7.11 Å². The summed E-state index contributed by atoms with van der Waals surface area (Å²) >= 11 is 0. The van der Waals surface area contributed by atoms with Gasteiger partial charge in [-0.1, -0.05) is 0 Å². The van der Waals surface area contributed by atoms with Gasteiger partial charge in [0.2, 0.25) is 0 Å². The summed E-state index contributed by atoms with van der Waals surface area (Å²) < 4.78 is 48.2. The monoisotopic (exact) mass is 307 g/mol. The van der Waals surface area contributed by atoms with Crippen LogP contribution in [0.25, 0.3) is 0 Å². The molecule has 0 amide bonds. The van der Waals surface area contributed by atoms with E-state index in [9.17, 15) is 22.8 Å². The first-order valence-electron chi connectivity index (χ1n) is 6.10. The van der Waals surface area contributed by atoms with Crippen LogP contribution < -0.4 is 5.73 Å². The van der Waals surface area contributed by atoms with Crippen LogP contribution in [0.2, 0.25) is 0 Å². The van der Waals surface area contributed by atoms with E-state index in [0.29, 0.717) is 0 Å². The Kier molecular flexibility index (Phi) is 5.68. The third-order valence-electron chi connectivity index (χ3n) is 3.05. The van der Waals surface area contributed by atoms with Gasteiger partial charge in [-0.2, -0.15) is 13.2 Å². The van der Waals surface area contributed by atoms with Crippen molar-refractivity contribution in [3.05, 3.63) is 22.8 Å². The molecule has 0 spiro atoms. The normalized spacial score (nSPS) is 19.3. The minimum absolute atomic E-state index is 0.0130. The lowest BCUT2D eigenvalue weighted by atomic mass is 9.86. The summed E-state index contributed by atoms with van der Waals surface area (Å²) in [6, 6.07) is -1.16. The number of ether oxygens (including phenoxy) is 2. The van der Waals surface area contributed by atoms with Gasteiger partial charge in [-0.25, -0.2) is 4.79 Å². The zero-order valence-electron chi connectivity index (χ0n) is 11.6. The summed E-state index contributed by atoms with van der Waals surface area (Å²) in [5, 5.41) is 0. The summed E-state index contributed by atoms with van der Waals surface area (Å²) in [6.07, 6.45) is -4.67. The highest BCUT2D eigenvalue weighted by atomic mass is 19.4. The molecule has 1 atom stereocenters. The Hall–Kier alpha value is -1.67. The molecule has 1 aliphatic rings. The van der Waals surface area contributed by atoms with Gasteiger partial charge in [0.1, 0.15) is 0 Å². The molecule has 5 nitrogen and oxygen atoms in total. The fourth-order valence-electron chi connectivity index (χ4n) is 1.96. The third kappa shape index (κ3) is 4.15. The van der Waals surface area contributed by atoms with Gasteiger partial charge in [0.25, 0.3) is 0 Å².